The van der Waals surface area contributed by atoms with E-state index in [1.807, 2.05) is 12.2 Å². The van der Waals surface area contributed by atoms with Crippen molar-refractivity contribution in [3.8, 4) is 0 Å². The molecule has 0 radical (unpaired) electrons. The number of hydrogen-bond acceptors (Lipinski definition) is 15. The van der Waals surface area contributed by atoms with Gasteiger partial charge in [0.15, 0.2) is 12.2 Å². The van der Waals surface area contributed by atoms with Gasteiger partial charge >= 0.3 is 39.5 Å². The van der Waals surface area contributed by atoms with Gasteiger partial charge in [-0.15, -0.1) is 0 Å². The Morgan fingerprint density at radius 1 is 0.290 bits per heavy atom. The van der Waals surface area contributed by atoms with E-state index in [0.717, 1.165) is 180 Å². The van der Waals surface area contributed by atoms with Crippen LogP contribution >= 0.6 is 15.6 Å². The number of phosphoric ester groups is 2. The predicted octanol–water partition coefficient (Wildman–Crippen LogP) is 22.1. The standard InChI is InChI=1S/C81H136O17P2/c1-5-9-13-17-21-25-29-32-35-37-40-43-47-50-54-58-62-66-79(84)92-72-77(98-81(86)68-64-60-56-52-48-44-41-38-36-33-30-26-22-18-14-10-6-2)74-96-100(89,90)94-70-75(82)69-93-99(87,88)95-73-76(97-80(85)67-63-59-55-51-45-28-24-20-16-12-8-4)71-91-78(83)65-61-57-53-49-46-42-39-34-31-27-23-19-15-11-7-3/h9-10,13-14,20-27,32-36,39-40,43,50,54,75-77,82H,5-8,11-12,15-19,28-31,37-38,41-42,44-49,51-53,55-74H2,1-4H3,(H,87,88)(H,89,90)/b13-9-,14-10-,24-20-,25-21-,26-22-,27-23-,35-32-,36-33-,39-34-,43-40-,54-50-. The maximum atomic E-state index is 13.1. The minimum absolute atomic E-state index is 0.0677. The fourth-order valence-electron chi connectivity index (χ4n) is 9.75. The lowest BCUT2D eigenvalue weighted by Crippen LogP contribution is -2.30. The van der Waals surface area contributed by atoms with Crippen molar-refractivity contribution >= 4 is 39.5 Å². The molecule has 0 spiro atoms. The molecule has 0 heterocycles. The van der Waals surface area contributed by atoms with E-state index in [0.29, 0.717) is 32.1 Å². The van der Waals surface area contributed by atoms with E-state index in [-0.39, 0.29) is 25.7 Å². The van der Waals surface area contributed by atoms with Crippen molar-refractivity contribution in [2.75, 3.05) is 39.6 Å². The highest BCUT2D eigenvalue weighted by Gasteiger charge is 2.30. The van der Waals surface area contributed by atoms with E-state index < -0.39 is 97.5 Å². The molecule has 0 saturated carbocycles. The van der Waals surface area contributed by atoms with Gasteiger partial charge in [-0.3, -0.25) is 37.3 Å². The summed E-state index contributed by atoms with van der Waals surface area (Å²) in [4.78, 5) is 72.8. The van der Waals surface area contributed by atoms with E-state index in [4.69, 9.17) is 37.0 Å². The van der Waals surface area contributed by atoms with E-state index >= 15 is 0 Å². The van der Waals surface area contributed by atoms with Crippen molar-refractivity contribution in [1.82, 2.24) is 0 Å². The van der Waals surface area contributed by atoms with Crippen LogP contribution in [0.15, 0.2) is 134 Å². The van der Waals surface area contributed by atoms with Crippen molar-refractivity contribution in [2.45, 2.75) is 316 Å². The lowest BCUT2D eigenvalue weighted by atomic mass is 10.1. The fraction of sp³-hybridized carbons (Fsp3) is 0.679. The van der Waals surface area contributed by atoms with Crippen molar-refractivity contribution < 1.29 is 80.2 Å². The van der Waals surface area contributed by atoms with Crippen molar-refractivity contribution in [3.05, 3.63) is 134 Å². The molecular formula is C81H136O17P2. The molecule has 0 aliphatic carbocycles. The molecule has 19 heteroatoms. The van der Waals surface area contributed by atoms with E-state index in [1.54, 1.807) is 0 Å². The molecule has 572 valence electrons. The lowest BCUT2D eigenvalue weighted by molar-refractivity contribution is -0.161. The molecule has 0 aliphatic rings. The van der Waals surface area contributed by atoms with Gasteiger partial charge in [0.05, 0.1) is 26.4 Å². The van der Waals surface area contributed by atoms with Gasteiger partial charge in [0.2, 0.25) is 0 Å². The van der Waals surface area contributed by atoms with Crippen LogP contribution in [0.3, 0.4) is 0 Å². The number of carbonyl (C=O) groups excluding carboxylic acids is 4. The summed E-state index contributed by atoms with van der Waals surface area (Å²) in [5.41, 5.74) is 0. The molecule has 0 saturated heterocycles. The first-order valence-corrected chi connectivity index (χ1v) is 41.4. The van der Waals surface area contributed by atoms with E-state index in [9.17, 15) is 43.2 Å². The largest absolute Gasteiger partial charge is 0.472 e. The number of rotatable bonds is 71. The number of allylic oxidation sites excluding steroid dienone is 22. The zero-order valence-electron chi connectivity index (χ0n) is 62.3. The highest BCUT2D eigenvalue weighted by molar-refractivity contribution is 7.47. The van der Waals surface area contributed by atoms with Gasteiger partial charge in [-0.25, -0.2) is 9.13 Å². The topological polar surface area (TPSA) is 237 Å². The second-order valence-corrected chi connectivity index (χ2v) is 28.1. The normalized spacial score (nSPS) is 14.7. The number of unbranched alkanes of at least 4 members (excludes halogenated alkanes) is 23. The number of ether oxygens (including phenoxy) is 4. The van der Waals surface area contributed by atoms with Crippen LogP contribution < -0.4 is 0 Å². The number of aliphatic hydroxyl groups excluding tert-OH is 1. The predicted molar refractivity (Wildman–Crippen MR) is 408 cm³/mol. The van der Waals surface area contributed by atoms with Gasteiger partial charge in [0, 0.05) is 25.7 Å². The molecule has 100 heavy (non-hydrogen) atoms. The third-order valence-corrected chi connectivity index (χ3v) is 17.5. The third-order valence-electron chi connectivity index (χ3n) is 15.6. The van der Waals surface area contributed by atoms with E-state index in [2.05, 4.69) is 149 Å². The second-order valence-electron chi connectivity index (χ2n) is 25.2. The Bertz CT molecular complexity index is 2420. The van der Waals surface area contributed by atoms with Crippen LogP contribution in [0.25, 0.3) is 0 Å². The van der Waals surface area contributed by atoms with Crippen LogP contribution in [0.4, 0.5) is 0 Å². The zero-order valence-corrected chi connectivity index (χ0v) is 64.1. The van der Waals surface area contributed by atoms with Crippen LogP contribution in [0.1, 0.15) is 297 Å². The minimum atomic E-state index is -4.99. The van der Waals surface area contributed by atoms with E-state index in [1.165, 1.54) is 32.1 Å². The molecule has 0 aromatic carbocycles. The maximum Gasteiger partial charge on any atom is 0.472 e. The van der Waals surface area contributed by atoms with Crippen LogP contribution in [0.2, 0.25) is 0 Å². The van der Waals surface area contributed by atoms with Crippen LogP contribution in [-0.2, 0) is 65.4 Å². The summed E-state index contributed by atoms with van der Waals surface area (Å²) in [6, 6.07) is 0. The lowest BCUT2D eigenvalue weighted by Gasteiger charge is -2.21. The number of esters is 4. The monoisotopic (exact) mass is 1440 g/mol. The Labute approximate surface area is 605 Å². The Morgan fingerprint density at radius 2 is 0.540 bits per heavy atom. The minimum Gasteiger partial charge on any atom is -0.462 e. The molecule has 0 aliphatic heterocycles. The molecule has 5 atom stereocenters. The number of phosphoric acid groups is 2. The smallest absolute Gasteiger partial charge is 0.462 e. The van der Waals surface area contributed by atoms with Crippen molar-refractivity contribution in [2.24, 2.45) is 0 Å². The summed E-state index contributed by atoms with van der Waals surface area (Å²) < 4.78 is 68.4. The average Bonchev–Trinajstić information content (AvgIpc) is 1.00. The summed E-state index contributed by atoms with van der Waals surface area (Å²) in [6.45, 7) is 4.48. The van der Waals surface area contributed by atoms with Gasteiger partial charge in [-0.2, -0.15) is 0 Å². The summed E-state index contributed by atoms with van der Waals surface area (Å²) >= 11 is 0. The highest BCUT2D eigenvalue weighted by Crippen LogP contribution is 2.45. The zero-order chi connectivity index (χ0) is 73.2. The second kappa shape index (κ2) is 72.5. The van der Waals surface area contributed by atoms with Crippen molar-refractivity contribution in [3.63, 3.8) is 0 Å². The average molecular weight is 1440 g/mol. The first kappa shape index (κ1) is 95.2. The molecule has 0 rings (SSSR count). The quantitative estimate of drug-likeness (QED) is 0.0169. The number of aliphatic hydroxyl groups is 1. The van der Waals surface area contributed by atoms with Crippen LogP contribution in [-0.4, -0.2) is 96.7 Å². The summed E-state index contributed by atoms with van der Waals surface area (Å²) in [7, 11) is -9.98. The third kappa shape index (κ3) is 71.6. The Balaban J connectivity index is 5.41. The van der Waals surface area contributed by atoms with Crippen LogP contribution in [0.5, 0.6) is 0 Å². The molecular weight excluding hydrogens is 1310 g/mol. The Kier molecular flexibility index (Phi) is 69.1. The summed E-state index contributed by atoms with van der Waals surface area (Å²) in [5, 5.41) is 10.6. The molecule has 5 unspecified atom stereocenters. The number of hydrogen-bond donors (Lipinski definition) is 3. The molecule has 17 nitrogen and oxygen atoms in total. The van der Waals surface area contributed by atoms with Gasteiger partial charge < -0.3 is 33.8 Å². The molecule has 0 fully saturated rings. The molecule has 0 aromatic heterocycles. The van der Waals surface area contributed by atoms with Gasteiger partial charge in [-0.1, -0.05) is 258 Å². The molecule has 0 aromatic rings. The van der Waals surface area contributed by atoms with Crippen molar-refractivity contribution in [1.29, 1.82) is 0 Å². The Hall–Kier alpha value is -4.80. The molecule has 0 amide bonds. The molecule has 0 bridgehead atoms. The van der Waals surface area contributed by atoms with Crippen LogP contribution in [0, 0.1) is 0 Å². The fourth-order valence-corrected chi connectivity index (χ4v) is 11.3. The SMILES string of the molecule is CC/C=C\C/C=C\C/C=C\C/C=C\C/C=C\CCCC(=O)OCC(COP(=O)(O)OCC(O)COP(=O)(O)OCC(COC(=O)CCCCCCC/C=C\C/C=C\CCCCC)OC(=O)CCCCCCC/C=C\CCCC)OC(=O)CCCCCCCCC/C=C\C/C=C\C/C=C\CC. The summed E-state index contributed by atoms with van der Waals surface area (Å²) in [6.07, 6.45) is 80.2. The first-order valence-electron chi connectivity index (χ1n) is 38.4. The Morgan fingerprint density at radius 3 is 0.880 bits per heavy atom. The number of carbonyl (C=O) groups is 4. The highest BCUT2D eigenvalue weighted by atomic mass is 31.2. The molecule has 3 N–H and O–H groups in total. The first-order chi connectivity index (χ1) is 48.7. The van der Waals surface area contributed by atoms with Gasteiger partial charge in [0.1, 0.15) is 19.3 Å². The van der Waals surface area contributed by atoms with Gasteiger partial charge in [0.25, 0.3) is 0 Å². The maximum absolute atomic E-state index is 13.1. The summed E-state index contributed by atoms with van der Waals surface area (Å²) in [5.74, 6) is -2.28. The van der Waals surface area contributed by atoms with Gasteiger partial charge in [-0.05, 0) is 148 Å².